The van der Waals surface area contributed by atoms with Crippen molar-refractivity contribution in [2.24, 2.45) is 5.92 Å². The second-order valence-electron chi connectivity index (χ2n) is 5.91. The standard InChI is InChI=1S/C15H22ClN3/c1-11-8-13(16)10-18-15(11)17-9-12-4-6-19(7-5-12)14-2-3-14/h8,10,12,14H,2-7,9H2,1H3,(H,17,18). The third-order valence-corrected chi connectivity index (χ3v) is 4.52. The lowest BCUT2D eigenvalue weighted by Crippen LogP contribution is -2.37. The summed E-state index contributed by atoms with van der Waals surface area (Å²) in [6.07, 6.45) is 7.20. The van der Waals surface area contributed by atoms with Gasteiger partial charge in [-0.2, -0.15) is 0 Å². The average Bonchev–Trinajstić information content (AvgIpc) is 3.23. The zero-order chi connectivity index (χ0) is 13.2. The molecule has 0 atom stereocenters. The van der Waals surface area contributed by atoms with Crippen LogP contribution in [-0.4, -0.2) is 35.6 Å². The van der Waals surface area contributed by atoms with Crippen molar-refractivity contribution in [3.8, 4) is 0 Å². The molecule has 1 aliphatic heterocycles. The molecule has 19 heavy (non-hydrogen) atoms. The molecule has 3 rings (SSSR count). The third-order valence-electron chi connectivity index (χ3n) is 4.32. The highest BCUT2D eigenvalue weighted by molar-refractivity contribution is 6.30. The van der Waals surface area contributed by atoms with E-state index in [0.717, 1.165) is 29.9 Å². The Kier molecular flexibility index (Phi) is 3.94. The molecule has 2 heterocycles. The van der Waals surface area contributed by atoms with Crippen molar-refractivity contribution in [1.29, 1.82) is 0 Å². The average molecular weight is 280 g/mol. The molecule has 1 N–H and O–H groups in total. The molecular weight excluding hydrogens is 258 g/mol. The Morgan fingerprint density at radius 3 is 2.68 bits per heavy atom. The van der Waals surface area contributed by atoms with Crippen molar-refractivity contribution in [2.45, 2.75) is 38.6 Å². The van der Waals surface area contributed by atoms with E-state index in [0.29, 0.717) is 5.02 Å². The van der Waals surface area contributed by atoms with E-state index < -0.39 is 0 Å². The highest BCUT2D eigenvalue weighted by Gasteiger charge is 2.31. The lowest BCUT2D eigenvalue weighted by Gasteiger charge is -2.32. The first kappa shape index (κ1) is 13.2. The van der Waals surface area contributed by atoms with Gasteiger partial charge in [-0.25, -0.2) is 4.98 Å². The number of aryl methyl sites for hydroxylation is 1. The van der Waals surface area contributed by atoms with Gasteiger partial charge < -0.3 is 10.2 Å². The minimum absolute atomic E-state index is 0.709. The number of nitrogens with one attached hydrogen (secondary N) is 1. The molecule has 2 fully saturated rings. The Bertz CT molecular complexity index is 437. The van der Waals surface area contributed by atoms with Crippen LogP contribution in [0.15, 0.2) is 12.3 Å². The molecule has 1 aliphatic carbocycles. The van der Waals surface area contributed by atoms with Crippen LogP contribution in [0, 0.1) is 12.8 Å². The lowest BCUT2D eigenvalue weighted by atomic mass is 9.96. The van der Waals surface area contributed by atoms with Gasteiger partial charge in [0.2, 0.25) is 0 Å². The van der Waals surface area contributed by atoms with Gasteiger partial charge in [-0.05, 0) is 63.2 Å². The van der Waals surface area contributed by atoms with Crippen molar-refractivity contribution in [2.75, 3.05) is 25.0 Å². The number of likely N-dealkylation sites (tertiary alicyclic amines) is 1. The van der Waals surface area contributed by atoms with Crippen LogP contribution in [0.2, 0.25) is 5.02 Å². The number of hydrogen-bond donors (Lipinski definition) is 1. The molecule has 0 radical (unpaired) electrons. The molecule has 1 saturated carbocycles. The van der Waals surface area contributed by atoms with Gasteiger partial charge >= 0.3 is 0 Å². The number of hydrogen-bond acceptors (Lipinski definition) is 3. The zero-order valence-corrected chi connectivity index (χ0v) is 12.3. The van der Waals surface area contributed by atoms with Crippen LogP contribution in [0.25, 0.3) is 0 Å². The quantitative estimate of drug-likeness (QED) is 0.916. The van der Waals surface area contributed by atoms with Crippen LogP contribution < -0.4 is 5.32 Å². The Labute approximate surface area is 120 Å². The molecule has 1 aromatic rings. The van der Waals surface area contributed by atoms with Crippen molar-refractivity contribution < 1.29 is 0 Å². The highest BCUT2D eigenvalue weighted by Crippen LogP contribution is 2.30. The van der Waals surface area contributed by atoms with Crippen molar-refractivity contribution in [3.05, 3.63) is 22.8 Å². The topological polar surface area (TPSA) is 28.2 Å². The Hall–Kier alpha value is -0.800. The summed E-state index contributed by atoms with van der Waals surface area (Å²) in [5, 5.41) is 4.19. The molecule has 0 aromatic carbocycles. The second kappa shape index (κ2) is 5.68. The first-order valence-electron chi connectivity index (χ1n) is 7.32. The summed E-state index contributed by atoms with van der Waals surface area (Å²) in [5.74, 6) is 1.76. The summed E-state index contributed by atoms with van der Waals surface area (Å²) in [4.78, 5) is 7.03. The Balaban J connectivity index is 1.47. The Morgan fingerprint density at radius 2 is 2.05 bits per heavy atom. The molecule has 3 nitrogen and oxygen atoms in total. The van der Waals surface area contributed by atoms with Crippen LogP contribution in [0.5, 0.6) is 0 Å². The van der Waals surface area contributed by atoms with Gasteiger partial charge in [0.15, 0.2) is 0 Å². The van der Waals surface area contributed by atoms with Crippen LogP contribution in [-0.2, 0) is 0 Å². The number of nitrogens with zero attached hydrogens (tertiary/aromatic N) is 2. The summed E-state index contributed by atoms with van der Waals surface area (Å²) in [6.45, 7) is 5.65. The van der Waals surface area contributed by atoms with E-state index in [1.165, 1.54) is 38.8 Å². The summed E-state index contributed by atoms with van der Waals surface area (Å²) >= 11 is 5.92. The smallest absolute Gasteiger partial charge is 0.128 e. The summed E-state index contributed by atoms with van der Waals surface area (Å²) in [6, 6.07) is 2.89. The summed E-state index contributed by atoms with van der Waals surface area (Å²) in [5.41, 5.74) is 1.13. The maximum atomic E-state index is 5.92. The van der Waals surface area contributed by atoms with Gasteiger partial charge in [0.25, 0.3) is 0 Å². The number of aromatic nitrogens is 1. The predicted octanol–water partition coefficient (Wildman–Crippen LogP) is 3.33. The molecule has 0 bridgehead atoms. The van der Waals surface area contributed by atoms with E-state index in [1.807, 2.05) is 6.07 Å². The summed E-state index contributed by atoms with van der Waals surface area (Å²) in [7, 11) is 0. The van der Waals surface area contributed by atoms with Gasteiger partial charge in [-0.15, -0.1) is 0 Å². The normalized spacial score (nSPS) is 21.6. The van der Waals surface area contributed by atoms with E-state index in [1.54, 1.807) is 6.20 Å². The van der Waals surface area contributed by atoms with E-state index >= 15 is 0 Å². The Morgan fingerprint density at radius 1 is 1.32 bits per heavy atom. The molecule has 4 heteroatoms. The first-order chi connectivity index (χ1) is 9.22. The predicted molar refractivity (Wildman–Crippen MR) is 79.8 cm³/mol. The van der Waals surface area contributed by atoms with Crippen molar-refractivity contribution >= 4 is 17.4 Å². The molecule has 1 saturated heterocycles. The molecule has 104 valence electrons. The van der Waals surface area contributed by atoms with Crippen LogP contribution >= 0.6 is 11.6 Å². The monoisotopic (exact) mass is 279 g/mol. The van der Waals surface area contributed by atoms with Gasteiger partial charge in [-0.1, -0.05) is 11.6 Å². The number of piperidine rings is 1. The zero-order valence-electron chi connectivity index (χ0n) is 11.5. The van der Waals surface area contributed by atoms with E-state index in [-0.39, 0.29) is 0 Å². The van der Waals surface area contributed by atoms with Crippen LogP contribution in [0.3, 0.4) is 0 Å². The molecule has 0 spiro atoms. The molecular formula is C15H22ClN3. The fourth-order valence-electron chi connectivity index (χ4n) is 2.93. The number of rotatable bonds is 4. The molecule has 0 amide bonds. The number of halogens is 1. The fraction of sp³-hybridized carbons (Fsp3) is 0.667. The van der Waals surface area contributed by atoms with Crippen LogP contribution in [0.4, 0.5) is 5.82 Å². The molecule has 1 aromatic heterocycles. The maximum absolute atomic E-state index is 5.92. The first-order valence-corrected chi connectivity index (χ1v) is 7.70. The van der Waals surface area contributed by atoms with Gasteiger partial charge in [0.05, 0.1) is 5.02 Å². The molecule has 0 unspecified atom stereocenters. The minimum atomic E-state index is 0.709. The minimum Gasteiger partial charge on any atom is -0.370 e. The van der Waals surface area contributed by atoms with E-state index in [9.17, 15) is 0 Å². The highest BCUT2D eigenvalue weighted by atomic mass is 35.5. The van der Waals surface area contributed by atoms with Crippen molar-refractivity contribution in [3.63, 3.8) is 0 Å². The van der Waals surface area contributed by atoms with Gasteiger partial charge in [0, 0.05) is 18.8 Å². The lowest BCUT2D eigenvalue weighted by molar-refractivity contribution is 0.181. The van der Waals surface area contributed by atoms with Crippen LogP contribution in [0.1, 0.15) is 31.2 Å². The van der Waals surface area contributed by atoms with E-state index in [2.05, 4.69) is 22.1 Å². The number of anilines is 1. The summed E-state index contributed by atoms with van der Waals surface area (Å²) < 4.78 is 0. The number of pyridine rings is 1. The third kappa shape index (κ3) is 3.40. The van der Waals surface area contributed by atoms with E-state index in [4.69, 9.17) is 11.6 Å². The second-order valence-corrected chi connectivity index (χ2v) is 6.35. The SMILES string of the molecule is Cc1cc(Cl)cnc1NCC1CCN(C2CC2)CC1. The van der Waals surface area contributed by atoms with Crippen molar-refractivity contribution in [1.82, 2.24) is 9.88 Å². The fourth-order valence-corrected chi connectivity index (χ4v) is 3.14. The molecule has 2 aliphatic rings. The van der Waals surface area contributed by atoms with Gasteiger partial charge in [-0.3, -0.25) is 0 Å². The largest absolute Gasteiger partial charge is 0.370 e. The maximum Gasteiger partial charge on any atom is 0.128 e. The van der Waals surface area contributed by atoms with Gasteiger partial charge in [0.1, 0.15) is 5.82 Å².